The van der Waals surface area contributed by atoms with Gasteiger partial charge in [-0.2, -0.15) is 0 Å². The molecule has 0 saturated heterocycles. The summed E-state index contributed by atoms with van der Waals surface area (Å²) in [6, 6.07) is 10.6. The Morgan fingerprint density at radius 3 is 2.59 bits per heavy atom. The van der Waals surface area contributed by atoms with Crippen molar-refractivity contribution < 1.29 is 22.3 Å². The van der Waals surface area contributed by atoms with E-state index < -0.39 is 15.9 Å². The van der Waals surface area contributed by atoms with Gasteiger partial charge in [0.15, 0.2) is 0 Å². The minimum absolute atomic E-state index is 0.101. The van der Waals surface area contributed by atoms with Gasteiger partial charge in [-0.1, -0.05) is 18.2 Å². The lowest BCUT2D eigenvalue weighted by Gasteiger charge is -2.13. The smallest absolute Gasteiger partial charge is 0.251 e. The minimum Gasteiger partial charge on any atom is -0.492 e. The maximum absolute atomic E-state index is 13.6. The van der Waals surface area contributed by atoms with Crippen molar-refractivity contribution in [2.24, 2.45) is 0 Å². The average Bonchev–Trinajstić information content (AvgIpc) is 2.66. The highest BCUT2D eigenvalue weighted by Gasteiger charge is 2.21. The predicted molar refractivity (Wildman–Crippen MR) is 101 cm³/mol. The molecule has 0 unspecified atom stereocenters. The van der Waals surface area contributed by atoms with Crippen LogP contribution in [0.2, 0.25) is 0 Å². The number of sulfonamides is 1. The van der Waals surface area contributed by atoms with Crippen LogP contribution in [0.25, 0.3) is 0 Å². The number of carbonyl (C=O) groups is 1. The first-order chi connectivity index (χ1) is 12.9. The molecule has 0 atom stereocenters. The molecular formula is C19H23FN2O4S. The third kappa shape index (κ3) is 5.51. The second kappa shape index (κ2) is 9.48. The summed E-state index contributed by atoms with van der Waals surface area (Å²) < 4.78 is 46.8. The van der Waals surface area contributed by atoms with E-state index in [1.807, 2.05) is 0 Å². The van der Waals surface area contributed by atoms with Crippen LogP contribution in [0.5, 0.6) is 5.75 Å². The van der Waals surface area contributed by atoms with Crippen LogP contribution in [0.1, 0.15) is 29.3 Å². The molecular weight excluding hydrogens is 371 g/mol. The summed E-state index contributed by atoms with van der Waals surface area (Å²) in [5.41, 5.74) is 0.751. The van der Waals surface area contributed by atoms with Crippen molar-refractivity contribution in [2.75, 3.05) is 20.2 Å². The Morgan fingerprint density at radius 1 is 1.19 bits per heavy atom. The topological polar surface area (TPSA) is 84.5 Å². The zero-order valence-electron chi connectivity index (χ0n) is 15.3. The van der Waals surface area contributed by atoms with Gasteiger partial charge in [-0.25, -0.2) is 17.5 Å². The Bertz CT molecular complexity index is 900. The summed E-state index contributed by atoms with van der Waals surface area (Å²) in [6.45, 7) is 2.16. The van der Waals surface area contributed by atoms with Crippen molar-refractivity contribution in [1.82, 2.24) is 10.0 Å². The fourth-order valence-electron chi connectivity index (χ4n) is 2.54. The molecule has 0 bridgehead atoms. The Kier molecular flexibility index (Phi) is 7.32. The zero-order valence-corrected chi connectivity index (χ0v) is 16.1. The molecule has 2 aromatic carbocycles. The summed E-state index contributed by atoms with van der Waals surface area (Å²) in [4.78, 5) is 11.7. The third-order valence-electron chi connectivity index (χ3n) is 3.90. The van der Waals surface area contributed by atoms with E-state index in [9.17, 15) is 17.6 Å². The lowest BCUT2D eigenvalue weighted by atomic mass is 10.1. The highest BCUT2D eigenvalue weighted by atomic mass is 32.2. The Labute approximate surface area is 158 Å². The van der Waals surface area contributed by atoms with Gasteiger partial charge in [0.1, 0.15) is 16.5 Å². The van der Waals surface area contributed by atoms with Gasteiger partial charge in [0.2, 0.25) is 10.0 Å². The number of hydrogen-bond donors (Lipinski definition) is 2. The van der Waals surface area contributed by atoms with Crippen molar-refractivity contribution in [3.05, 3.63) is 59.4 Å². The van der Waals surface area contributed by atoms with Gasteiger partial charge in [-0.05, 0) is 49.6 Å². The number of carbonyl (C=O) groups excluding carboxylic acids is 1. The van der Waals surface area contributed by atoms with Crippen LogP contribution in [0, 0.1) is 5.82 Å². The largest absolute Gasteiger partial charge is 0.492 e. The van der Waals surface area contributed by atoms with Gasteiger partial charge in [0, 0.05) is 19.2 Å². The molecule has 0 aliphatic rings. The molecule has 1 amide bonds. The molecule has 0 fully saturated rings. The number of nitrogens with one attached hydrogen (secondary N) is 2. The van der Waals surface area contributed by atoms with E-state index in [0.29, 0.717) is 18.4 Å². The molecule has 2 N–H and O–H groups in total. The SMILES string of the molecule is CCOc1ccc(C(=O)NC)cc1S(=O)(=O)NCCCc1ccccc1F. The summed E-state index contributed by atoms with van der Waals surface area (Å²) in [5, 5.41) is 2.46. The Balaban J connectivity index is 2.12. The summed E-state index contributed by atoms with van der Waals surface area (Å²) in [5.74, 6) is -0.530. The van der Waals surface area contributed by atoms with E-state index in [1.165, 1.54) is 31.3 Å². The van der Waals surface area contributed by atoms with Crippen LogP contribution in [0.4, 0.5) is 4.39 Å². The van der Waals surface area contributed by atoms with E-state index in [4.69, 9.17) is 4.74 Å². The Morgan fingerprint density at radius 2 is 1.93 bits per heavy atom. The highest BCUT2D eigenvalue weighted by molar-refractivity contribution is 7.89. The van der Waals surface area contributed by atoms with Crippen molar-refractivity contribution in [2.45, 2.75) is 24.7 Å². The van der Waals surface area contributed by atoms with E-state index in [0.717, 1.165) is 0 Å². The number of halogens is 1. The second-order valence-corrected chi connectivity index (χ2v) is 7.50. The highest BCUT2D eigenvalue weighted by Crippen LogP contribution is 2.25. The predicted octanol–water partition coefficient (Wildman–Crippen LogP) is 2.50. The lowest BCUT2D eigenvalue weighted by molar-refractivity contribution is 0.0963. The van der Waals surface area contributed by atoms with Crippen molar-refractivity contribution in [3.63, 3.8) is 0 Å². The molecule has 6 nitrogen and oxygen atoms in total. The fraction of sp³-hybridized carbons (Fsp3) is 0.316. The minimum atomic E-state index is -3.89. The van der Waals surface area contributed by atoms with Gasteiger partial charge in [0.05, 0.1) is 6.61 Å². The molecule has 0 spiro atoms. The molecule has 146 valence electrons. The van der Waals surface area contributed by atoms with Gasteiger partial charge >= 0.3 is 0 Å². The number of hydrogen-bond acceptors (Lipinski definition) is 4. The van der Waals surface area contributed by atoms with Crippen molar-refractivity contribution in [3.8, 4) is 5.75 Å². The van der Waals surface area contributed by atoms with Crippen LogP contribution in [-0.4, -0.2) is 34.5 Å². The normalized spacial score (nSPS) is 11.2. The number of aryl methyl sites for hydroxylation is 1. The van der Waals surface area contributed by atoms with Crippen LogP contribution in [-0.2, 0) is 16.4 Å². The van der Waals surface area contributed by atoms with E-state index in [2.05, 4.69) is 10.0 Å². The molecule has 0 aromatic heterocycles. The monoisotopic (exact) mass is 394 g/mol. The van der Waals surface area contributed by atoms with E-state index in [-0.39, 0.29) is 35.2 Å². The molecule has 2 rings (SSSR count). The molecule has 2 aromatic rings. The van der Waals surface area contributed by atoms with Gasteiger partial charge in [-0.15, -0.1) is 0 Å². The van der Waals surface area contributed by atoms with Gasteiger partial charge < -0.3 is 10.1 Å². The zero-order chi connectivity index (χ0) is 19.9. The number of amides is 1. The maximum atomic E-state index is 13.6. The first kappa shape index (κ1) is 20.9. The number of benzene rings is 2. The molecule has 0 radical (unpaired) electrons. The molecule has 27 heavy (non-hydrogen) atoms. The first-order valence-corrected chi connectivity index (χ1v) is 10.1. The van der Waals surface area contributed by atoms with Crippen molar-refractivity contribution in [1.29, 1.82) is 0 Å². The summed E-state index contributed by atoms with van der Waals surface area (Å²) in [7, 11) is -2.42. The second-order valence-electron chi connectivity index (χ2n) is 5.77. The summed E-state index contributed by atoms with van der Waals surface area (Å²) in [6.07, 6.45) is 0.838. The molecule has 0 aliphatic heterocycles. The third-order valence-corrected chi connectivity index (χ3v) is 5.38. The van der Waals surface area contributed by atoms with Gasteiger partial charge in [0.25, 0.3) is 5.91 Å². The summed E-state index contributed by atoms with van der Waals surface area (Å²) >= 11 is 0. The van der Waals surface area contributed by atoms with E-state index >= 15 is 0 Å². The van der Waals surface area contributed by atoms with Gasteiger partial charge in [-0.3, -0.25) is 4.79 Å². The van der Waals surface area contributed by atoms with Crippen LogP contribution in [0.3, 0.4) is 0 Å². The molecule has 0 heterocycles. The Hall–Kier alpha value is -2.45. The van der Waals surface area contributed by atoms with Crippen LogP contribution >= 0.6 is 0 Å². The molecule has 0 saturated carbocycles. The maximum Gasteiger partial charge on any atom is 0.251 e. The fourth-order valence-corrected chi connectivity index (χ4v) is 3.79. The average molecular weight is 394 g/mol. The van der Waals surface area contributed by atoms with Crippen LogP contribution in [0.15, 0.2) is 47.4 Å². The van der Waals surface area contributed by atoms with E-state index in [1.54, 1.807) is 25.1 Å². The number of ether oxygens (including phenoxy) is 1. The first-order valence-electron chi connectivity index (χ1n) is 8.61. The quantitative estimate of drug-likeness (QED) is 0.640. The molecule has 8 heteroatoms. The number of rotatable bonds is 9. The molecule has 0 aliphatic carbocycles. The van der Waals surface area contributed by atoms with Crippen molar-refractivity contribution >= 4 is 15.9 Å². The van der Waals surface area contributed by atoms with Crippen LogP contribution < -0.4 is 14.8 Å². The lowest BCUT2D eigenvalue weighted by Crippen LogP contribution is -2.26. The standard InChI is InChI=1S/C19H23FN2O4S/c1-3-26-17-11-10-15(19(23)21-2)13-18(17)27(24,25)22-12-6-8-14-7-4-5-9-16(14)20/h4-5,7,9-11,13,22H,3,6,8,12H2,1-2H3,(H,21,23).